The van der Waals surface area contributed by atoms with Crippen molar-refractivity contribution in [1.82, 2.24) is 55.7 Å². The normalized spacial score (nSPS) is 16.8. The van der Waals surface area contributed by atoms with Gasteiger partial charge in [0, 0.05) is 45.1 Å². The smallest absolute Gasteiger partial charge is 0.273 e. The van der Waals surface area contributed by atoms with E-state index in [0.717, 1.165) is 9.80 Å². The number of anilines is 1. The number of fused-ring (bicyclic) bond motifs is 17. The van der Waals surface area contributed by atoms with Crippen LogP contribution in [0.2, 0.25) is 0 Å². The molecule has 90 heavy (non-hydrogen) atoms. The van der Waals surface area contributed by atoms with Gasteiger partial charge in [0.05, 0.1) is 64.0 Å². The van der Waals surface area contributed by atoms with Crippen LogP contribution in [0.3, 0.4) is 0 Å². The summed E-state index contributed by atoms with van der Waals surface area (Å²) in [5, 5.41) is 12.0. The van der Waals surface area contributed by atoms with Gasteiger partial charge in [-0.15, -0.1) is 0 Å². The Morgan fingerprint density at radius 3 is 1.90 bits per heavy atom. The molecule has 0 saturated carbocycles. The number of nitrogens with two attached hydrogens (primary N) is 2. The number of nitrogens with one attached hydrogen (secondary N) is 4. The summed E-state index contributed by atoms with van der Waals surface area (Å²) in [6.07, 6.45) is 9.33. The van der Waals surface area contributed by atoms with Crippen LogP contribution in [0.4, 0.5) is 5.69 Å². The van der Waals surface area contributed by atoms with E-state index in [1.165, 1.54) is 32.1 Å². The second-order valence-electron chi connectivity index (χ2n) is 21.2. The maximum absolute atomic E-state index is 13.9. The molecule has 12 bridgehead atoms. The molecular formula is C59H70N14O17. The summed E-state index contributed by atoms with van der Waals surface area (Å²) in [7, 11) is 1.35. The lowest BCUT2D eigenvalue weighted by Crippen LogP contribution is -2.54. The lowest BCUT2D eigenvalue weighted by Gasteiger charge is -2.32. The molecule has 3 aliphatic heterocycles. The molecule has 7 amide bonds. The molecule has 31 nitrogen and oxygen atoms in total. The zero-order valence-electron chi connectivity index (χ0n) is 49.7. The highest BCUT2D eigenvalue weighted by Crippen LogP contribution is 2.35. The highest BCUT2D eigenvalue weighted by atomic mass is 16.6. The first-order chi connectivity index (χ1) is 43.8. The molecule has 31 heteroatoms. The zero-order chi connectivity index (χ0) is 63.1. The lowest BCUT2D eigenvalue weighted by atomic mass is 10.0. The van der Waals surface area contributed by atoms with E-state index in [4.69, 9.17) is 66.9 Å². The summed E-state index contributed by atoms with van der Waals surface area (Å²) >= 11 is 0. The number of unbranched alkanes of at least 4 members (excludes halogenated alkanes) is 2. The third kappa shape index (κ3) is 15.4. The predicted octanol–water partition coefficient (Wildman–Crippen LogP) is 4.47. The number of imide groups is 2. The largest absolute Gasteiger partial charge is 0.446 e. The quantitative estimate of drug-likeness (QED) is 0.0278. The molecular weight excluding hydrogens is 1180 g/mol. The number of carbonyl (C=O) groups is 7. The van der Waals surface area contributed by atoms with Crippen molar-refractivity contribution >= 4 is 47.0 Å². The first kappa shape index (κ1) is 63.7. The van der Waals surface area contributed by atoms with Gasteiger partial charge in [-0.3, -0.25) is 43.4 Å². The van der Waals surface area contributed by atoms with Gasteiger partial charge < -0.3 is 78.2 Å². The molecule has 3 atom stereocenters. The van der Waals surface area contributed by atoms with Crippen molar-refractivity contribution in [3.63, 3.8) is 0 Å². The predicted molar refractivity (Wildman–Crippen MR) is 311 cm³/mol. The Hall–Kier alpha value is -9.27. The molecule has 0 spiro atoms. The fourth-order valence-corrected chi connectivity index (χ4v) is 10.1. The molecule has 8 N–H and O–H groups in total. The van der Waals surface area contributed by atoms with E-state index in [1.807, 2.05) is 0 Å². The highest BCUT2D eigenvalue weighted by Gasteiger charge is 2.46. The Kier molecular flexibility index (Phi) is 21.5. The molecule has 1 saturated heterocycles. The average molecular weight is 1250 g/mol. The fourth-order valence-electron chi connectivity index (χ4n) is 10.1. The number of aryl methyl sites for hydroxylation is 2. The number of aromatic nitrogens is 6. The number of nitrogens with zero attached hydrogens (tertiary/aromatic N) is 8. The lowest BCUT2D eigenvalue weighted by molar-refractivity contribution is -0.149. The van der Waals surface area contributed by atoms with Gasteiger partial charge in [-0.05, 0) is 89.6 Å². The van der Waals surface area contributed by atoms with Gasteiger partial charge in [-0.2, -0.15) is 0 Å². The minimum atomic E-state index is -1.02. The maximum atomic E-state index is 13.9. The van der Waals surface area contributed by atoms with Crippen LogP contribution in [0.25, 0.3) is 46.3 Å². The van der Waals surface area contributed by atoms with Crippen molar-refractivity contribution in [2.75, 3.05) is 91.4 Å². The standard InChI is InChI=1S/C59H70N14O17/c1-33-47-56-71-48(44(90-56)10-7-18-63-45(74)15-20-81-22-24-83-26-27-84-25-23-82-21-19-62-34-11-12-35-36(28-34)58(79)73(57(35)78)43-13-14-46(75)72(2)59(43)80)55-67-40(30-88-55)50(77)64-37(8-3-5-16-60)51-68-42(31-86-51)53-69-41(32-87-53)52-66-39(29-85-52)49(76)65-38(9-4-6-17-61)54(70-47)89-33/h11-12,28-32,37-38,43,62H,3-10,13-27,60-61H2,1-2H3,(H,63,74)(H,64,77)(H,65,76)/t37-,38-,43?/m0/s1. The summed E-state index contributed by atoms with van der Waals surface area (Å²) in [5.41, 5.74) is 13.3. The van der Waals surface area contributed by atoms with Crippen molar-refractivity contribution < 1.29 is 79.0 Å². The molecule has 0 radical (unpaired) electrons. The van der Waals surface area contributed by atoms with Crippen LogP contribution in [0, 0.1) is 6.92 Å². The van der Waals surface area contributed by atoms with Gasteiger partial charge >= 0.3 is 0 Å². The molecule has 1 unspecified atom stereocenters. The number of hydrogen-bond acceptors (Lipinski definition) is 26. The van der Waals surface area contributed by atoms with E-state index in [9.17, 15) is 33.6 Å². The number of rotatable bonds is 29. The van der Waals surface area contributed by atoms with Crippen LogP contribution in [0.15, 0.2) is 69.8 Å². The second kappa shape index (κ2) is 30.3. The second-order valence-corrected chi connectivity index (χ2v) is 21.2. The summed E-state index contributed by atoms with van der Waals surface area (Å²) in [4.78, 5) is 121. The molecule has 9 heterocycles. The number of oxazole rings is 6. The van der Waals surface area contributed by atoms with Gasteiger partial charge in [0.15, 0.2) is 34.2 Å². The van der Waals surface area contributed by atoms with Crippen molar-refractivity contribution in [2.45, 2.75) is 95.7 Å². The van der Waals surface area contributed by atoms with Gasteiger partial charge in [0.1, 0.15) is 54.7 Å². The first-order valence-electron chi connectivity index (χ1n) is 29.7. The average Bonchev–Trinajstić information content (AvgIpc) is 2.22. The van der Waals surface area contributed by atoms with E-state index >= 15 is 0 Å². The highest BCUT2D eigenvalue weighted by molar-refractivity contribution is 6.23. The number of benzene rings is 1. The van der Waals surface area contributed by atoms with Gasteiger partial charge in [0.25, 0.3) is 29.5 Å². The van der Waals surface area contributed by atoms with Gasteiger partial charge in [-0.1, -0.05) is 0 Å². The molecule has 0 aliphatic carbocycles. The van der Waals surface area contributed by atoms with Gasteiger partial charge in [-0.25, -0.2) is 29.9 Å². The number of likely N-dealkylation sites (tertiary alicyclic amines) is 1. The summed E-state index contributed by atoms with van der Waals surface area (Å²) in [6.45, 7) is 5.58. The van der Waals surface area contributed by atoms with E-state index < -0.39 is 47.7 Å². The maximum Gasteiger partial charge on any atom is 0.273 e. The Labute approximate surface area is 514 Å². The third-order valence-corrected chi connectivity index (χ3v) is 14.9. The van der Waals surface area contributed by atoms with Crippen molar-refractivity contribution in [1.29, 1.82) is 0 Å². The third-order valence-electron chi connectivity index (χ3n) is 14.9. The number of ether oxygens (including phenoxy) is 4. The topological polar surface area (TPSA) is 419 Å². The van der Waals surface area contributed by atoms with Crippen LogP contribution >= 0.6 is 0 Å². The monoisotopic (exact) mass is 1250 g/mol. The SMILES string of the molecule is Cc1oc2nc1-c1nc(c(CCCNC(=O)CCOCCOCCOCCOCCNc3ccc4c(c3)C(=O)N(C3CCC(=O)N(C)C3=O)C4=O)o1)-c1nc(co1)C(=O)N[C@@H](CCCCN)c1nc(co1)-c1nc(co1)-c1nc(co1)C(=O)N[C@H]2CCCCN. The first-order valence-corrected chi connectivity index (χ1v) is 29.7. The van der Waals surface area contributed by atoms with E-state index in [-0.39, 0.29) is 138 Å². The Bertz CT molecular complexity index is 3650. The fraction of sp³-hybridized carbons (Fsp3) is 0.475. The number of amides is 7. The molecule has 7 aromatic rings. The van der Waals surface area contributed by atoms with E-state index in [2.05, 4.69) is 41.2 Å². The van der Waals surface area contributed by atoms with Crippen LogP contribution in [-0.4, -0.2) is 173 Å². The Morgan fingerprint density at radius 1 is 0.622 bits per heavy atom. The molecule has 1 fully saturated rings. The zero-order valence-corrected chi connectivity index (χ0v) is 49.7. The van der Waals surface area contributed by atoms with Gasteiger partial charge in [0.2, 0.25) is 47.2 Å². The number of likely N-dealkylation sites (N-methyl/N-ethyl adjacent to an activating group) is 1. The van der Waals surface area contributed by atoms with Crippen LogP contribution < -0.4 is 32.7 Å². The minimum Gasteiger partial charge on any atom is -0.446 e. The van der Waals surface area contributed by atoms with E-state index in [0.29, 0.717) is 121 Å². The summed E-state index contributed by atoms with van der Waals surface area (Å²) in [6, 6.07) is 2.31. The van der Waals surface area contributed by atoms with Crippen LogP contribution in [0.5, 0.6) is 0 Å². The number of carbonyl (C=O) groups excluding carboxylic acids is 7. The molecule has 478 valence electrons. The summed E-state index contributed by atoms with van der Waals surface area (Å²) in [5.74, 6) is -2.37. The van der Waals surface area contributed by atoms with Crippen LogP contribution in [0.1, 0.15) is 141 Å². The van der Waals surface area contributed by atoms with Crippen LogP contribution in [-0.2, 0) is 39.8 Å². The molecule has 6 aromatic heterocycles. The number of hydrogen-bond donors (Lipinski definition) is 6. The molecule has 1 aromatic carbocycles. The Morgan fingerprint density at radius 2 is 1.21 bits per heavy atom. The minimum absolute atomic E-state index is 0.00657. The summed E-state index contributed by atoms with van der Waals surface area (Å²) < 4.78 is 58.1. The molecule has 10 rings (SSSR count). The van der Waals surface area contributed by atoms with E-state index in [1.54, 1.807) is 25.1 Å². The van der Waals surface area contributed by atoms with Crippen molar-refractivity contribution in [3.8, 4) is 46.3 Å². The molecule has 3 aliphatic rings. The number of piperidine rings is 1. The van der Waals surface area contributed by atoms with Crippen molar-refractivity contribution in [3.05, 3.63) is 89.1 Å². The Balaban J connectivity index is 0.670. The van der Waals surface area contributed by atoms with Crippen molar-refractivity contribution in [2.24, 2.45) is 11.5 Å².